The average molecular weight is 431 g/mol. The number of unbranched alkanes of at least 4 members (excludes halogenated alkanes) is 10. The minimum absolute atomic E-state index is 0.0478. The van der Waals surface area contributed by atoms with Gasteiger partial charge in [0.25, 0.3) is 5.91 Å². The Morgan fingerprint density at radius 1 is 0.839 bits per heavy atom. The van der Waals surface area contributed by atoms with E-state index in [9.17, 15) is 9.59 Å². The highest BCUT2D eigenvalue weighted by Crippen LogP contribution is 2.12. The molecule has 0 spiro atoms. The fourth-order valence-electron chi connectivity index (χ4n) is 3.29. The van der Waals surface area contributed by atoms with Gasteiger partial charge < -0.3 is 10.2 Å². The quantitative estimate of drug-likeness (QED) is 0.207. The first-order valence-electron chi connectivity index (χ1n) is 11.9. The molecule has 1 aromatic carbocycles. The van der Waals surface area contributed by atoms with Gasteiger partial charge in [-0.05, 0) is 24.1 Å². The normalized spacial score (nSPS) is 10.9. The smallest absolute Gasteiger partial charge is 0.259 e. The van der Waals surface area contributed by atoms with E-state index in [4.69, 9.17) is 0 Å². The number of carbonyl (C=O) groups excluding carboxylic acids is 2. The first-order chi connectivity index (χ1) is 15.0. The second-order valence-electron chi connectivity index (χ2n) is 8.34. The molecule has 1 aromatic rings. The number of hydrogen-bond donors (Lipinski definition) is 2. The summed E-state index contributed by atoms with van der Waals surface area (Å²) in [4.78, 5) is 25.7. The topological polar surface area (TPSA) is 73.8 Å². The monoisotopic (exact) mass is 430 g/mol. The Labute approximate surface area is 188 Å². The molecule has 2 N–H and O–H groups in total. The van der Waals surface area contributed by atoms with E-state index >= 15 is 0 Å². The van der Waals surface area contributed by atoms with Gasteiger partial charge in [0.05, 0.1) is 12.8 Å². The van der Waals surface area contributed by atoms with Gasteiger partial charge in [-0.2, -0.15) is 5.10 Å². The summed E-state index contributed by atoms with van der Waals surface area (Å²) in [5.41, 5.74) is 4.43. The molecule has 1 rings (SSSR count). The minimum Gasteiger partial charge on any atom is -0.378 e. The molecule has 0 aliphatic rings. The molecule has 0 radical (unpaired) electrons. The minimum atomic E-state index is -0.326. The van der Waals surface area contributed by atoms with Crippen molar-refractivity contribution >= 4 is 23.7 Å². The summed E-state index contributed by atoms with van der Waals surface area (Å²) in [6, 6.07) is 7.83. The number of benzene rings is 1. The highest BCUT2D eigenvalue weighted by atomic mass is 16.2. The number of anilines is 1. The van der Waals surface area contributed by atoms with Crippen molar-refractivity contribution in [3.8, 4) is 0 Å². The fourth-order valence-corrected chi connectivity index (χ4v) is 3.29. The molecule has 0 saturated heterocycles. The van der Waals surface area contributed by atoms with E-state index in [1.54, 1.807) is 6.21 Å². The van der Waals surface area contributed by atoms with Crippen LogP contribution in [0.2, 0.25) is 0 Å². The van der Waals surface area contributed by atoms with Crippen molar-refractivity contribution in [2.45, 2.75) is 84.0 Å². The van der Waals surface area contributed by atoms with E-state index in [0.717, 1.165) is 24.1 Å². The fraction of sp³-hybridized carbons (Fsp3) is 0.640. The van der Waals surface area contributed by atoms with Crippen LogP contribution in [0.5, 0.6) is 0 Å². The van der Waals surface area contributed by atoms with Gasteiger partial charge in [-0.15, -0.1) is 0 Å². The van der Waals surface area contributed by atoms with Crippen molar-refractivity contribution < 1.29 is 9.59 Å². The summed E-state index contributed by atoms with van der Waals surface area (Å²) >= 11 is 0. The first-order valence-corrected chi connectivity index (χ1v) is 11.9. The van der Waals surface area contributed by atoms with Crippen LogP contribution in [0.1, 0.15) is 89.5 Å². The highest BCUT2D eigenvalue weighted by Gasteiger charge is 2.04. The molecular weight excluding hydrogens is 388 g/mol. The molecule has 31 heavy (non-hydrogen) atoms. The predicted molar refractivity (Wildman–Crippen MR) is 131 cm³/mol. The number of nitrogens with one attached hydrogen (secondary N) is 2. The van der Waals surface area contributed by atoms with Gasteiger partial charge in [0.1, 0.15) is 0 Å². The van der Waals surface area contributed by atoms with E-state index in [2.05, 4.69) is 22.8 Å². The zero-order valence-electron chi connectivity index (χ0n) is 19.8. The Morgan fingerprint density at radius 2 is 1.39 bits per heavy atom. The van der Waals surface area contributed by atoms with Crippen molar-refractivity contribution in [3.63, 3.8) is 0 Å². The van der Waals surface area contributed by atoms with E-state index in [1.165, 1.54) is 57.8 Å². The van der Waals surface area contributed by atoms with Gasteiger partial charge in [0.2, 0.25) is 5.91 Å². The molecule has 0 heterocycles. The van der Waals surface area contributed by atoms with Gasteiger partial charge in [0.15, 0.2) is 0 Å². The summed E-state index contributed by atoms with van der Waals surface area (Å²) in [5.74, 6) is -0.400. The van der Waals surface area contributed by atoms with Gasteiger partial charge in [-0.1, -0.05) is 83.3 Å². The van der Waals surface area contributed by atoms with Crippen LogP contribution in [-0.2, 0) is 9.59 Å². The van der Waals surface area contributed by atoms with E-state index < -0.39 is 0 Å². The van der Waals surface area contributed by atoms with Crippen molar-refractivity contribution in [3.05, 3.63) is 29.8 Å². The Morgan fingerprint density at radius 3 is 1.94 bits per heavy atom. The van der Waals surface area contributed by atoms with Gasteiger partial charge in [-0.3, -0.25) is 9.59 Å². The Bertz CT molecular complexity index is 641. The third-order valence-electron chi connectivity index (χ3n) is 5.27. The average Bonchev–Trinajstić information content (AvgIpc) is 2.76. The lowest BCUT2D eigenvalue weighted by molar-refractivity contribution is -0.126. The second kappa shape index (κ2) is 17.3. The number of rotatable bonds is 17. The van der Waals surface area contributed by atoms with Crippen LogP contribution < -0.4 is 15.6 Å². The van der Waals surface area contributed by atoms with Crippen LogP contribution in [0.15, 0.2) is 29.4 Å². The zero-order chi connectivity index (χ0) is 22.7. The summed E-state index contributed by atoms with van der Waals surface area (Å²) in [5, 5.41) is 6.59. The SMILES string of the molecule is CCCCCCCCCCCCCC(=O)NCC(=O)N/N=C/c1ccc(N(C)C)cc1. The molecule has 0 fully saturated rings. The van der Waals surface area contributed by atoms with Crippen LogP contribution in [0.3, 0.4) is 0 Å². The molecule has 6 heteroatoms. The second-order valence-corrected chi connectivity index (χ2v) is 8.34. The Hall–Kier alpha value is -2.37. The van der Waals surface area contributed by atoms with E-state index in [-0.39, 0.29) is 18.4 Å². The van der Waals surface area contributed by atoms with Crippen molar-refractivity contribution in [2.24, 2.45) is 5.10 Å². The predicted octanol–water partition coefficient (Wildman–Crippen LogP) is 5.02. The van der Waals surface area contributed by atoms with Gasteiger partial charge in [0, 0.05) is 26.2 Å². The molecule has 0 saturated carbocycles. The summed E-state index contributed by atoms with van der Waals surface area (Å²) in [6.45, 7) is 2.20. The molecule has 174 valence electrons. The number of hydrogen-bond acceptors (Lipinski definition) is 4. The molecule has 0 unspecified atom stereocenters. The summed E-state index contributed by atoms with van der Waals surface area (Å²) < 4.78 is 0. The molecule has 0 aliphatic carbocycles. The van der Waals surface area contributed by atoms with Crippen LogP contribution in [-0.4, -0.2) is 38.7 Å². The van der Waals surface area contributed by atoms with Crippen molar-refractivity contribution in [2.75, 3.05) is 25.5 Å². The highest BCUT2D eigenvalue weighted by molar-refractivity contribution is 5.86. The van der Waals surface area contributed by atoms with Crippen LogP contribution in [0, 0.1) is 0 Å². The molecule has 0 atom stereocenters. The summed E-state index contributed by atoms with van der Waals surface area (Å²) in [7, 11) is 3.96. The van der Waals surface area contributed by atoms with Crippen molar-refractivity contribution in [1.82, 2.24) is 10.7 Å². The molecule has 0 aromatic heterocycles. The standard InChI is InChI=1S/C25H42N4O2/c1-4-5-6-7-8-9-10-11-12-13-14-15-24(30)26-21-25(31)28-27-20-22-16-18-23(19-17-22)29(2)3/h16-20H,4-15,21H2,1-3H3,(H,26,30)(H,28,31)/b27-20+. The van der Waals surface area contributed by atoms with Crippen LogP contribution in [0.25, 0.3) is 0 Å². The van der Waals surface area contributed by atoms with Crippen molar-refractivity contribution in [1.29, 1.82) is 0 Å². The molecule has 0 aliphatic heterocycles. The summed E-state index contributed by atoms with van der Waals surface area (Å²) in [6.07, 6.45) is 15.9. The van der Waals surface area contributed by atoms with Gasteiger partial charge in [-0.25, -0.2) is 5.43 Å². The van der Waals surface area contributed by atoms with Crippen LogP contribution >= 0.6 is 0 Å². The lowest BCUT2D eigenvalue weighted by Gasteiger charge is -2.11. The largest absolute Gasteiger partial charge is 0.378 e. The molecule has 2 amide bonds. The third kappa shape index (κ3) is 14.3. The third-order valence-corrected chi connectivity index (χ3v) is 5.27. The van der Waals surface area contributed by atoms with Crippen LogP contribution in [0.4, 0.5) is 5.69 Å². The maximum absolute atomic E-state index is 11.9. The number of nitrogens with zero attached hydrogens (tertiary/aromatic N) is 2. The molecular formula is C25H42N4O2. The Balaban J connectivity index is 2.01. The lowest BCUT2D eigenvalue weighted by Crippen LogP contribution is -2.34. The van der Waals surface area contributed by atoms with E-state index in [0.29, 0.717) is 6.42 Å². The van der Waals surface area contributed by atoms with Gasteiger partial charge >= 0.3 is 0 Å². The first kappa shape index (κ1) is 26.7. The maximum atomic E-state index is 11.9. The van der Waals surface area contributed by atoms with E-state index in [1.807, 2.05) is 43.3 Å². The molecule has 6 nitrogen and oxygen atoms in total. The number of hydrazone groups is 1. The maximum Gasteiger partial charge on any atom is 0.259 e. The number of amides is 2. The number of carbonyl (C=O) groups is 2. The molecule has 0 bridgehead atoms. The Kier molecular flexibility index (Phi) is 14.9. The lowest BCUT2D eigenvalue weighted by atomic mass is 10.1. The zero-order valence-corrected chi connectivity index (χ0v) is 19.8.